The third kappa shape index (κ3) is 2.81. The second kappa shape index (κ2) is 6.44. The Hall–Kier alpha value is -2.89. The van der Waals surface area contributed by atoms with Gasteiger partial charge in [-0.2, -0.15) is 5.10 Å². The van der Waals surface area contributed by atoms with Crippen molar-refractivity contribution in [1.82, 2.24) is 14.6 Å². The van der Waals surface area contributed by atoms with Crippen molar-refractivity contribution >= 4 is 34.8 Å². The molecule has 0 saturated carbocycles. The van der Waals surface area contributed by atoms with E-state index in [9.17, 15) is 9.90 Å². The zero-order valence-corrected chi connectivity index (χ0v) is 14.7. The average molecular weight is 384 g/mol. The summed E-state index contributed by atoms with van der Waals surface area (Å²) >= 11 is 12.3. The first-order chi connectivity index (χ1) is 12.5. The molecular formula is C19H11Cl2N3O2. The molecule has 2 aromatic heterocycles. The lowest BCUT2D eigenvalue weighted by atomic mass is 10.1. The molecular weight excluding hydrogens is 373 g/mol. The molecule has 0 aliphatic heterocycles. The largest absolute Gasteiger partial charge is 0.477 e. The predicted octanol–water partition coefficient (Wildman–Crippen LogP) is 5.07. The van der Waals surface area contributed by atoms with Crippen LogP contribution in [0.15, 0.2) is 60.8 Å². The van der Waals surface area contributed by atoms with Gasteiger partial charge in [-0.05, 0) is 24.3 Å². The molecule has 5 nitrogen and oxygen atoms in total. The van der Waals surface area contributed by atoms with Crippen LogP contribution in [0.4, 0.5) is 0 Å². The van der Waals surface area contributed by atoms with E-state index in [1.54, 1.807) is 18.2 Å². The van der Waals surface area contributed by atoms with Gasteiger partial charge >= 0.3 is 5.97 Å². The maximum Gasteiger partial charge on any atom is 0.341 e. The van der Waals surface area contributed by atoms with Crippen molar-refractivity contribution in [2.45, 2.75) is 0 Å². The SMILES string of the molecule is O=C(O)c1cnn2c(-c3ccccc3Cl)cc(-c3ccc(Cl)cc3)nc12. The van der Waals surface area contributed by atoms with Gasteiger partial charge in [-0.15, -0.1) is 0 Å². The van der Waals surface area contributed by atoms with Gasteiger partial charge in [0, 0.05) is 21.2 Å². The lowest BCUT2D eigenvalue weighted by Gasteiger charge is -2.10. The number of carbonyl (C=O) groups is 1. The second-order valence-corrected chi connectivity index (χ2v) is 6.46. The van der Waals surface area contributed by atoms with Crippen molar-refractivity contribution in [2.75, 3.05) is 0 Å². The molecule has 26 heavy (non-hydrogen) atoms. The van der Waals surface area contributed by atoms with Crippen LogP contribution in [0.3, 0.4) is 0 Å². The summed E-state index contributed by atoms with van der Waals surface area (Å²) in [6.45, 7) is 0. The van der Waals surface area contributed by atoms with Crippen LogP contribution in [0.25, 0.3) is 28.2 Å². The van der Waals surface area contributed by atoms with E-state index in [4.69, 9.17) is 23.2 Å². The third-order valence-corrected chi connectivity index (χ3v) is 4.57. The smallest absolute Gasteiger partial charge is 0.341 e. The van der Waals surface area contributed by atoms with E-state index in [-0.39, 0.29) is 11.2 Å². The minimum atomic E-state index is -1.09. The van der Waals surface area contributed by atoms with Crippen LogP contribution in [-0.2, 0) is 0 Å². The quantitative estimate of drug-likeness (QED) is 0.536. The van der Waals surface area contributed by atoms with Crippen molar-refractivity contribution in [3.05, 3.63) is 76.4 Å². The summed E-state index contributed by atoms with van der Waals surface area (Å²) < 4.78 is 1.49. The molecule has 0 radical (unpaired) electrons. The van der Waals surface area contributed by atoms with E-state index in [2.05, 4.69) is 10.1 Å². The van der Waals surface area contributed by atoms with Crippen molar-refractivity contribution in [3.8, 4) is 22.5 Å². The molecule has 0 spiro atoms. The fourth-order valence-corrected chi connectivity index (χ4v) is 3.10. The van der Waals surface area contributed by atoms with Gasteiger partial charge in [0.2, 0.25) is 0 Å². The molecule has 7 heteroatoms. The summed E-state index contributed by atoms with van der Waals surface area (Å²) in [4.78, 5) is 16.1. The zero-order valence-electron chi connectivity index (χ0n) is 13.2. The number of nitrogens with zero attached hydrogens (tertiary/aromatic N) is 3. The van der Waals surface area contributed by atoms with Crippen LogP contribution in [0, 0.1) is 0 Å². The highest BCUT2D eigenvalue weighted by atomic mass is 35.5. The second-order valence-electron chi connectivity index (χ2n) is 5.61. The summed E-state index contributed by atoms with van der Waals surface area (Å²) in [7, 11) is 0. The molecule has 1 N–H and O–H groups in total. The Morgan fingerprint density at radius 2 is 1.77 bits per heavy atom. The van der Waals surface area contributed by atoms with Crippen LogP contribution in [-0.4, -0.2) is 25.7 Å². The number of hydrogen-bond donors (Lipinski definition) is 1. The van der Waals surface area contributed by atoms with Crippen molar-refractivity contribution in [2.24, 2.45) is 0 Å². The first-order valence-corrected chi connectivity index (χ1v) is 8.43. The van der Waals surface area contributed by atoms with Crippen molar-refractivity contribution in [1.29, 1.82) is 0 Å². The number of aromatic carboxylic acids is 1. The number of benzene rings is 2. The number of aromatic nitrogens is 3. The standard InChI is InChI=1S/C19H11Cl2N3O2/c20-12-7-5-11(6-8-12)16-9-17(13-3-1-2-4-15(13)21)24-18(23-16)14(10-22-24)19(25)26/h1-10H,(H,25,26). The number of halogens is 2. The topological polar surface area (TPSA) is 67.5 Å². The van der Waals surface area contributed by atoms with E-state index in [0.29, 0.717) is 21.4 Å². The average Bonchev–Trinajstić information content (AvgIpc) is 3.06. The molecule has 0 amide bonds. The number of fused-ring (bicyclic) bond motifs is 1. The number of rotatable bonds is 3. The summed E-state index contributed by atoms with van der Waals surface area (Å²) in [5, 5.41) is 14.8. The van der Waals surface area contributed by atoms with Crippen LogP contribution >= 0.6 is 23.2 Å². The summed E-state index contributed by atoms with van der Waals surface area (Å²) in [6.07, 6.45) is 1.29. The van der Waals surface area contributed by atoms with E-state index in [0.717, 1.165) is 11.1 Å². The number of carboxylic acid groups (broad SMARTS) is 1. The molecule has 0 fully saturated rings. The maximum atomic E-state index is 11.5. The van der Waals surface area contributed by atoms with Gasteiger partial charge in [-0.3, -0.25) is 0 Å². The molecule has 2 aromatic carbocycles. The Kier molecular flexibility index (Phi) is 4.11. The Labute approximate surface area is 158 Å². The predicted molar refractivity (Wildman–Crippen MR) is 101 cm³/mol. The van der Waals surface area contributed by atoms with Gasteiger partial charge < -0.3 is 5.11 Å². The van der Waals surface area contributed by atoms with Crippen LogP contribution < -0.4 is 0 Å². The Morgan fingerprint density at radius 1 is 1.04 bits per heavy atom. The van der Waals surface area contributed by atoms with Crippen LogP contribution in [0.2, 0.25) is 10.0 Å². The van der Waals surface area contributed by atoms with Crippen LogP contribution in [0.1, 0.15) is 10.4 Å². The molecule has 4 rings (SSSR count). The monoisotopic (exact) mass is 383 g/mol. The molecule has 0 aliphatic rings. The van der Waals surface area contributed by atoms with E-state index >= 15 is 0 Å². The minimum Gasteiger partial charge on any atom is -0.477 e. The molecule has 4 aromatic rings. The van der Waals surface area contributed by atoms with Gasteiger partial charge in [-0.25, -0.2) is 14.3 Å². The van der Waals surface area contributed by atoms with E-state index < -0.39 is 5.97 Å². The molecule has 2 heterocycles. The number of hydrogen-bond acceptors (Lipinski definition) is 3. The summed E-state index contributed by atoms with van der Waals surface area (Å²) in [5.74, 6) is -1.09. The fourth-order valence-electron chi connectivity index (χ4n) is 2.74. The highest BCUT2D eigenvalue weighted by Gasteiger charge is 2.18. The summed E-state index contributed by atoms with van der Waals surface area (Å²) in [5.41, 5.74) is 3.07. The van der Waals surface area contributed by atoms with Crippen molar-refractivity contribution in [3.63, 3.8) is 0 Å². The van der Waals surface area contributed by atoms with E-state index in [1.807, 2.05) is 36.4 Å². The molecule has 0 atom stereocenters. The third-order valence-electron chi connectivity index (χ3n) is 3.99. The highest BCUT2D eigenvalue weighted by Crippen LogP contribution is 2.31. The number of carboxylic acids is 1. The lowest BCUT2D eigenvalue weighted by molar-refractivity contribution is 0.0699. The van der Waals surface area contributed by atoms with Crippen molar-refractivity contribution < 1.29 is 9.90 Å². The van der Waals surface area contributed by atoms with Gasteiger partial charge in [0.05, 0.1) is 17.6 Å². The Morgan fingerprint density at radius 3 is 2.46 bits per heavy atom. The maximum absolute atomic E-state index is 11.5. The molecule has 0 bridgehead atoms. The molecule has 0 unspecified atom stereocenters. The first-order valence-electron chi connectivity index (χ1n) is 7.67. The lowest BCUT2D eigenvalue weighted by Crippen LogP contribution is -2.02. The fraction of sp³-hybridized carbons (Fsp3) is 0. The molecule has 0 aliphatic carbocycles. The first kappa shape index (κ1) is 16.6. The van der Waals surface area contributed by atoms with Gasteiger partial charge in [0.25, 0.3) is 0 Å². The highest BCUT2D eigenvalue weighted by molar-refractivity contribution is 6.33. The molecule has 128 valence electrons. The molecule has 0 saturated heterocycles. The van der Waals surface area contributed by atoms with Gasteiger partial charge in [0.15, 0.2) is 5.65 Å². The normalized spacial score (nSPS) is 11.0. The van der Waals surface area contributed by atoms with E-state index in [1.165, 1.54) is 10.7 Å². The minimum absolute atomic E-state index is 0.0223. The van der Waals surface area contributed by atoms with Crippen LogP contribution in [0.5, 0.6) is 0 Å². The Balaban J connectivity index is 2.05. The Bertz CT molecular complexity index is 1140. The zero-order chi connectivity index (χ0) is 18.3. The van der Waals surface area contributed by atoms with Gasteiger partial charge in [-0.1, -0.05) is 53.5 Å². The summed E-state index contributed by atoms with van der Waals surface area (Å²) in [6, 6.07) is 16.3. The van der Waals surface area contributed by atoms with Gasteiger partial charge in [0.1, 0.15) is 5.56 Å².